The highest BCUT2D eigenvalue weighted by atomic mass is 16.4. The highest BCUT2D eigenvalue weighted by Crippen LogP contribution is 2.23. The van der Waals surface area contributed by atoms with E-state index in [1.165, 1.54) is 12.2 Å². The molecular formula is C19H16O4. The van der Waals surface area contributed by atoms with Gasteiger partial charge >= 0.3 is 5.97 Å². The fourth-order valence-corrected chi connectivity index (χ4v) is 2.30. The standard InChI is InChI=1S/C19H16O4/c20-12-5-4-11-17(19(22)23)15-9-6-10-16(13-15)18(21)14-7-2-1-3-8-14/h1-10,12-13,17H,11H2,(H,22,23). The Balaban J connectivity index is 2.30. The van der Waals surface area contributed by atoms with Crippen LogP contribution in [0, 0.1) is 0 Å². The second kappa shape index (κ2) is 7.84. The molecule has 0 heterocycles. The molecule has 116 valence electrons. The molecule has 2 aromatic carbocycles. The first kappa shape index (κ1) is 16.4. The fourth-order valence-electron chi connectivity index (χ4n) is 2.30. The van der Waals surface area contributed by atoms with E-state index in [1.54, 1.807) is 48.5 Å². The van der Waals surface area contributed by atoms with Crippen molar-refractivity contribution < 1.29 is 19.5 Å². The Morgan fingerprint density at radius 1 is 1.00 bits per heavy atom. The number of hydrogen-bond acceptors (Lipinski definition) is 3. The lowest BCUT2D eigenvalue weighted by Gasteiger charge is -2.12. The Kier molecular flexibility index (Phi) is 5.58. The van der Waals surface area contributed by atoms with Crippen LogP contribution in [0.5, 0.6) is 0 Å². The number of allylic oxidation sites excluding steroid dienone is 2. The van der Waals surface area contributed by atoms with Gasteiger partial charge in [0.1, 0.15) is 6.29 Å². The lowest BCUT2D eigenvalue weighted by Crippen LogP contribution is -2.12. The normalized spacial score (nSPS) is 12.0. The zero-order valence-corrected chi connectivity index (χ0v) is 12.4. The van der Waals surface area contributed by atoms with E-state index in [-0.39, 0.29) is 12.2 Å². The van der Waals surface area contributed by atoms with Crippen LogP contribution < -0.4 is 0 Å². The van der Waals surface area contributed by atoms with Crippen LogP contribution in [-0.2, 0) is 9.59 Å². The van der Waals surface area contributed by atoms with Gasteiger partial charge in [-0.2, -0.15) is 0 Å². The van der Waals surface area contributed by atoms with Gasteiger partial charge in [0, 0.05) is 11.1 Å². The predicted octanol–water partition coefficient (Wildman–Crippen LogP) is 3.23. The monoisotopic (exact) mass is 308 g/mol. The van der Waals surface area contributed by atoms with Crippen LogP contribution in [0.2, 0.25) is 0 Å². The molecule has 0 fully saturated rings. The molecule has 0 aliphatic heterocycles. The number of rotatable bonds is 7. The van der Waals surface area contributed by atoms with E-state index in [1.807, 2.05) is 6.07 Å². The number of aliphatic carboxylic acids is 1. The second-order valence-corrected chi connectivity index (χ2v) is 5.01. The van der Waals surface area contributed by atoms with Crippen molar-refractivity contribution in [2.45, 2.75) is 12.3 Å². The highest BCUT2D eigenvalue weighted by molar-refractivity contribution is 6.09. The first-order valence-electron chi connectivity index (χ1n) is 7.16. The van der Waals surface area contributed by atoms with Crippen molar-refractivity contribution in [2.24, 2.45) is 0 Å². The maximum Gasteiger partial charge on any atom is 0.311 e. The first-order valence-corrected chi connectivity index (χ1v) is 7.16. The van der Waals surface area contributed by atoms with Gasteiger partial charge < -0.3 is 5.11 Å². The molecule has 4 nitrogen and oxygen atoms in total. The molecule has 0 radical (unpaired) electrons. The summed E-state index contributed by atoms with van der Waals surface area (Å²) in [7, 11) is 0. The van der Waals surface area contributed by atoms with Gasteiger partial charge in [0.05, 0.1) is 5.92 Å². The molecule has 0 aliphatic carbocycles. The Labute approximate surface area is 134 Å². The SMILES string of the molecule is O=CC=CCC(C(=O)O)c1cccc(C(=O)c2ccccc2)c1. The molecule has 23 heavy (non-hydrogen) atoms. The maximum absolute atomic E-state index is 12.4. The Hall–Kier alpha value is -3.01. The quantitative estimate of drug-likeness (QED) is 0.484. The number of ketones is 1. The molecule has 0 bridgehead atoms. The zero-order chi connectivity index (χ0) is 16.7. The van der Waals surface area contributed by atoms with Crippen LogP contribution in [0.3, 0.4) is 0 Å². The highest BCUT2D eigenvalue weighted by Gasteiger charge is 2.20. The van der Waals surface area contributed by atoms with Crippen molar-refractivity contribution in [1.29, 1.82) is 0 Å². The van der Waals surface area contributed by atoms with Gasteiger partial charge in [-0.15, -0.1) is 0 Å². The van der Waals surface area contributed by atoms with Crippen molar-refractivity contribution >= 4 is 18.0 Å². The van der Waals surface area contributed by atoms with Crippen LogP contribution in [0.1, 0.15) is 33.8 Å². The molecule has 0 saturated carbocycles. The minimum atomic E-state index is -0.996. The zero-order valence-electron chi connectivity index (χ0n) is 12.4. The average Bonchev–Trinajstić information content (AvgIpc) is 2.58. The smallest absolute Gasteiger partial charge is 0.311 e. The molecule has 0 aliphatic rings. The van der Waals surface area contributed by atoms with Gasteiger partial charge in [0.2, 0.25) is 0 Å². The third-order valence-corrected chi connectivity index (χ3v) is 3.47. The van der Waals surface area contributed by atoms with Gasteiger partial charge in [-0.1, -0.05) is 54.6 Å². The third kappa shape index (κ3) is 4.23. The van der Waals surface area contributed by atoms with Crippen molar-refractivity contribution in [3.05, 3.63) is 83.4 Å². The summed E-state index contributed by atoms with van der Waals surface area (Å²) < 4.78 is 0. The molecule has 0 saturated heterocycles. The number of benzene rings is 2. The average molecular weight is 308 g/mol. The molecule has 0 spiro atoms. The van der Waals surface area contributed by atoms with Crippen LogP contribution >= 0.6 is 0 Å². The Morgan fingerprint density at radius 2 is 1.70 bits per heavy atom. The summed E-state index contributed by atoms with van der Waals surface area (Å²) in [6, 6.07) is 15.4. The van der Waals surface area contributed by atoms with E-state index in [9.17, 15) is 19.5 Å². The summed E-state index contributed by atoms with van der Waals surface area (Å²) in [5.74, 6) is -1.94. The summed E-state index contributed by atoms with van der Waals surface area (Å²) in [4.78, 5) is 34.2. The summed E-state index contributed by atoms with van der Waals surface area (Å²) >= 11 is 0. The van der Waals surface area contributed by atoms with Gasteiger partial charge in [-0.05, 0) is 24.1 Å². The van der Waals surface area contributed by atoms with Crippen LogP contribution in [0.25, 0.3) is 0 Å². The molecule has 4 heteroatoms. The Bertz CT molecular complexity index is 732. The van der Waals surface area contributed by atoms with E-state index in [4.69, 9.17) is 0 Å². The van der Waals surface area contributed by atoms with Crippen molar-refractivity contribution in [3.8, 4) is 0 Å². The lowest BCUT2D eigenvalue weighted by atomic mass is 9.92. The minimum absolute atomic E-state index is 0.153. The maximum atomic E-state index is 12.4. The number of carbonyl (C=O) groups is 3. The molecule has 1 N–H and O–H groups in total. The van der Waals surface area contributed by atoms with Crippen LogP contribution in [-0.4, -0.2) is 23.1 Å². The van der Waals surface area contributed by atoms with Gasteiger partial charge in [0.15, 0.2) is 5.78 Å². The molecule has 0 amide bonds. The van der Waals surface area contributed by atoms with Crippen molar-refractivity contribution in [1.82, 2.24) is 0 Å². The molecule has 0 aromatic heterocycles. The lowest BCUT2D eigenvalue weighted by molar-refractivity contribution is -0.138. The topological polar surface area (TPSA) is 71.4 Å². The van der Waals surface area contributed by atoms with E-state index >= 15 is 0 Å². The molecule has 2 aromatic rings. The second-order valence-electron chi connectivity index (χ2n) is 5.01. The summed E-state index contributed by atoms with van der Waals surface area (Å²) in [6.07, 6.45) is 3.58. The number of carboxylic acids is 1. The molecular weight excluding hydrogens is 292 g/mol. The molecule has 1 unspecified atom stereocenters. The van der Waals surface area contributed by atoms with Crippen LogP contribution in [0.15, 0.2) is 66.7 Å². The van der Waals surface area contributed by atoms with Gasteiger partial charge in [-0.3, -0.25) is 14.4 Å². The van der Waals surface area contributed by atoms with Crippen molar-refractivity contribution in [3.63, 3.8) is 0 Å². The van der Waals surface area contributed by atoms with E-state index in [2.05, 4.69) is 0 Å². The fraction of sp³-hybridized carbons (Fsp3) is 0.105. The Morgan fingerprint density at radius 3 is 2.35 bits per heavy atom. The van der Waals surface area contributed by atoms with Gasteiger partial charge in [-0.25, -0.2) is 0 Å². The molecule has 2 rings (SSSR count). The van der Waals surface area contributed by atoms with E-state index in [0.29, 0.717) is 23.0 Å². The van der Waals surface area contributed by atoms with Gasteiger partial charge in [0.25, 0.3) is 0 Å². The summed E-state index contributed by atoms with van der Waals surface area (Å²) in [5.41, 5.74) is 1.53. The van der Waals surface area contributed by atoms with E-state index in [0.717, 1.165) is 0 Å². The number of hydrogen-bond donors (Lipinski definition) is 1. The predicted molar refractivity (Wildman–Crippen MR) is 86.5 cm³/mol. The first-order chi connectivity index (χ1) is 11.1. The van der Waals surface area contributed by atoms with Crippen molar-refractivity contribution in [2.75, 3.05) is 0 Å². The minimum Gasteiger partial charge on any atom is -0.481 e. The number of carbonyl (C=O) groups excluding carboxylic acids is 2. The largest absolute Gasteiger partial charge is 0.481 e. The third-order valence-electron chi connectivity index (χ3n) is 3.47. The summed E-state index contributed by atoms with van der Waals surface area (Å²) in [5, 5.41) is 9.37. The number of aldehydes is 1. The number of carboxylic acid groups (broad SMARTS) is 1. The molecule has 1 atom stereocenters. The summed E-state index contributed by atoms with van der Waals surface area (Å²) in [6.45, 7) is 0. The van der Waals surface area contributed by atoms with E-state index < -0.39 is 11.9 Å². The van der Waals surface area contributed by atoms with Crippen LogP contribution in [0.4, 0.5) is 0 Å².